The molecule has 2 aromatic rings. The molecule has 0 aliphatic carbocycles. The minimum Gasteiger partial charge on any atom is -0.495 e. The molecule has 0 unspecified atom stereocenters. The van der Waals surface area contributed by atoms with Crippen LogP contribution in [0, 0.1) is 0 Å². The van der Waals surface area contributed by atoms with E-state index in [1.165, 1.54) is 31.6 Å². The number of rotatable bonds is 5. The van der Waals surface area contributed by atoms with Crippen molar-refractivity contribution in [2.75, 3.05) is 11.8 Å². The lowest BCUT2D eigenvalue weighted by Gasteiger charge is -2.11. The Morgan fingerprint density at radius 3 is 2.60 bits per heavy atom. The fourth-order valence-electron chi connectivity index (χ4n) is 1.56. The number of ether oxygens (including phenoxy) is 1. The maximum absolute atomic E-state index is 12.3. The van der Waals surface area contributed by atoms with Gasteiger partial charge in [-0.3, -0.25) is 0 Å². The number of sulfonamides is 1. The van der Waals surface area contributed by atoms with Gasteiger partial charge in [0.15, 0.2) is 0 Å². The van der Waals surface area contributed by atoms with Crippen LogP contribution in [0.3, 0.4) is 0 Å². The molecule has 2 rings (SSSR count). The van der Waals surface area contributed by atoms with Crippen molar-refractivity contribution in [3.05, 3.63) is 42.2 Å². The van der Waals surface area contributed by atoms with Gasteiger partial charge in [-0.05, 0) is 23.8 Å². The number of hydrogen-bond donors (Lipinski definition) is 2. The van der Waals surface area contributed by atoms with Crippen LogP contribution in [-0.2, 0) is 16.6 Å². The first-order valence-corrected chi connectivity index (χ1v) is 7.13. The van der Waals surface area contributed by atoms with Crippen LogP contribution < -0.4 is 9.46 Å². The lowest BCUT2D eigenvalue weighted by atomic mass is 10.2. The molecule has 0 aliphatic heterocycles. The Hall–Kier alpha value is -2.19. The van der Waals surface area contributed by atoms with Gasteiger partial charge in [0.1, 0.15) is 10.6 Å². The van der Waals surface area contributed by atoms with Crippen molar-refractivity contribution < 1.29 is 18.3 Å². The van der Waals surface area contributed by atoms with Gasteiger partial charge in [0.25, 0.3) is 10.0 Å². The Bertz CT molecular complexity index is 689. The normalized spacial score (nSPS) is 11.1. The Kier molecular flexibility index (Phi) is 4.16. The second kappa shape index (κ2) is 5.85. The predicted octanol–water partition coefficient (Wildman–Crippen LogP) is 0.778. The van der Waals surface area contributed by atoms with Crippen molar-refractivity contribution in [3.8, 4) is 5.75 Å². The summed E-state index contributed by atoms with van der Waals surface area (Å²) in [4.78, 5) is 7.51. The molecule has 0 saturated heterocycles. The third kappa shape index (κ3) is 3.03. The zero-order valence-electron chi connectivity index (χ0n) is 10.6. The highest BCUT2D eigenvalue weighted by atomic mass is 32.2. The third-order valence-corrected chi connectivity index (χ3v) is 3.84. The quantitative estimate of drug-likeness (QED) is 0.845. The minimum absolute atomic E-state index is 0.0380. The van der Waals surface area contributed by atoms with E-state index in [1.807, 2.05) is 0 Å². The molecule has 0 spiro atoms. The molecular formula is C12H13N3O4S. The number of hydrogen-bond acceptors (Lipinski definition) is 6. The largest absolute Gasteiger partial charge is 0.495 e. The van der Waals surface area contributed by atoms with Crippen molar-refractivity contribution >= 4 is 16.0 Å². The van der Waals surface area contributed by atoms with E-state index >= 15 is 0 Å². The Balaban J connectivity index is 2.43. The number of aliphatic hydroxyl groups is 1. The molecule has 1 aromatic carbocycles. The number of aliphatic hydroxyl groups excluding tert-OH is 1. The summed E-state index contributed by atoms with van der Waals surface area (Å²) in [6.07, 6.45) is 2.85. The topological polar surface area (TPSA) is 101 Å². The molecule has 106 valence electrons. The SMILES string of the molecule is COc1ccc(CO)cc1S(=O)(=O)Nc1ncccn1. The van der Waals surface area contributed by atoms with E-state index in [9.17, 15) is 8.42 Å². The van der Waals surface area contributed by atoms with Gasteiger partial charge < -0.3 is 9.84 Å². The summed E-state index contributed by atoms with van der Waals surface area (Å²) in [7, 11) is -2.53. The van der Waals surface area contributed by atoms with E-state index in [0.29, 0.717) is 5.56 Å². The maximum atomic E-state index is 12.3. The summed E-state index contributed by atoms with van der Waals surface area (Å²) >= 11 is 0. The van der Waals surface area contributed by atoms with E-state index in [2.05, 4.69) is 14.7 Å². The van der Waals surface area contributed by atoms with Crippen molar-refractivity contribution in [3.63, 3.8) is 0 Å². The molecule has 1 aromatic heterocycles. The average Bonchev–Trinajstić information content (AvgIpc) is 2.47. The zero-order valence-corrected chi connectivity index (χ0v) is 11.5. The van der Waals surface area contributed by atoms with Crippen LogP contribution in [0.15, 0.2) is 41.6 Å². The number of methoxy groups -OCH3 is 1. The van der Waals surface area contributed by atoms with E-state index in [4.69, 9.17) is 9.84 Å². The summed E-state index contributed by atoms with van der Waals surface area (Å²) in [6, 6.07) is 5.97. The highest BCUT2D eigenvalue weighted by Gasteiger charge is 2.21. The van der Waals surface area contributed by atoms with Gasteiger partial charge in [0, 0.05) is 12.4 Å². The van der Waals surface area contributed by atoms with E-state index in [-0.39, 0.29) is 23.2 Å². The smallest absolute Gasteiger partial charge is 0.267 e. The molecule has 20 heavy (non-hydrogen) atoms. The van der Waals surface area contributed by atoms with Crippen LogP contribution >= 0.6 is 0 Å². The Morgan fingerprint density at radius 2 is 2.00 bits per heavy atom. The van der Waals surface area contributed by atoms with Gasteiger partial charge in [0.2, 0.25) is 5.95 Å². The summed E-state index contributed by atoms with van der Waals surface area (Å²) < 4.78 is 31.9. The van der Waals surface area contributed by atoms with Crippen molar-refractivity contribution in [2.45, 2.75) is 11.5 Å². The van der Waals surface area contributed by atoms with E-state index in [1.54, 1.807) is 12.1 Å². The van der Waals surface area contributed by atoms with Gasteiger partial charge in [-0.1, -0.05) is 6.07 Å². The molecule has 0 atom stereocenters. The van der Waals surface area contributed by atoms with Crippen LogP contribution in [0.5, 0.6) is 5.75 Å². The molecule has 0 aliphatic rings. The van der Waals surface area contributed by atoms with Crippen LogP contribution in [-0.4, -0.2) is 30.6 Å². The Morgan fingerprint density at radius 1 is 1.30 bits per heavy atom. The van der Waals surface area contributed by atoms with Gasteiger partial charge in [-0.2, -0.15) is 0 Å². The van der Waals surface area contributed by atoms with Crippen LogP contribution in [0.2, 0.25) is 0 Å². The van der Waals surface area contributed by atoms with Crippen molar-refractivity contribution in [1.29, 1.82) is 0 Å². The maximum Gasteiger partial charge on any atom is 0.267 e. The highest BCUT2D eigenvalue weighted by Crippen LogP contribution is 2.26. The lowest BCUT2D eigenvalue weighted by molar-refractivity contribution is 0.281. The van der Waals surface area contributed by atoms with E-state index in [0.717, 1.165) is 0 Å². The zero-order chi connectivity index (χ0) is 14.6. The molecule has 0 saturated carbocycles. The number of benzene rings is 1. The standard InChI is InChI=1S/C12H13N3O4S/c1-19-10-4-3-9(8-16)7-11(10)20(17,18)15-12-13-5-2-6-14-12/h2-7,16H,8H2,1H3,(H,13,14,15). The summed E-state index contributed by atoms with van der Waals surface area (Å²) in [6.45, 7) is -0.269. The summed E-state index contributed by atoms with van der Waals surface area (Å²) in [5.41, 5.74) is 0.458. The average molecular weight is 295 g/mol. The van der Waals surface area contributed by atoms with Crippen molar-refractivity contribution in [1.82, 2.24) is 9.97 Å². The molecule has 8 heteroatoms. The second-order valence-corrected chi connectivity index (χ2v) is 5.47. The molecule has 0 amide bonds. The summed E-state index contributed by atoms with van der Waals surface area (Å²) in [5.74, 6) is 0.134. The minimum atomic E-state index is -3.90. The first kappa shape index (κ1) is 14.2. The monoisotopic (exact) mass is 295 g/mol. The summed E-state index contributed by atoms with van der Waals surface area (Å²) in [5, 5.41) is 9.10. The van der Waals surface area contributed by atoms with Gasteiger partial charge >= 0.3 is 0 Å². The molecule has 0 radical (unpaired) electrons. The molecule has 1 heterocycles. The van der Waals surface area contributed by atoms with Gasteiger partial charge in [-0.15, -0.1) is 0 Å². The molecule has 0 fully saturated rings. The second-order valence-electron chi connectivity index (χ2n) is 3.82. The first-order valence-electron chi connectivity index (χ1n) is 5.64. The highest BCUT2D eigenvalue weighted by molar-refractivity contribution is 7.92. The molecular weight excluding hydrogens is 282 g/mol. The number of anilines is 1. The third-order valence-electron chi connectivity index (χ3n) is 2.49. The predicted molar refractivity (Wildman–Crippen MR) is 71.8 cm³/mol. The molecule has 7 nitrogen and oxygen atoms in total. The van der Waals surface area contributed by atoms with Crippen LogP contribution in [0.25, 0.3) is 0 Å². The number of nitrogens with zero attached hydrogens (tertiary/aromatic N) is 2. The van der Waals surface area contributed by atoms with Gasteiger partial charge in [0.05, 0.1) is 13.7 Å². The Labute approximate surface area is 116 Å². The van der Waals surface area contributed by atoms with Crippen LogP contribution in [0.1, 0.15) is 5.56 Å². The number of aromatic nitrogens is 2. The van der Waals surface area contributed by atoms with Gasteiger partial charge in [-0.25, -0.2) is 23.1 Å². The first-order chi connectivity index (χ1) is 9.56. The number of nitrogens with one attached hydrogen (secondary N) is 1. The molecule has 0 bridgehead atoms. The fraction of sp³-hybridized carbons (Fsp3) is 0.167. The van der Waals surface area contributed by atoms with Crippen molar-refractivity contribution in [2.24, 2.45) is 0 Å². The van der Waals surface area contributed by atoms with E-state index < -0.39 is 10.0 Å². The fourth-order valence-corrected chi connectivity index (χ4v) is 2.73. The molecule has 2 N–H and O–H groups in total. The lowest BCUT2D eigenvalue weighted by Crippen LogP contribution is -2.16. The van der Waals surface area contributed by atoms with Crippen LogP contribution in [0.4, 0.5) is 5.95 Å².